The second-order valence-electron chi connectivity index (χ2n) is 17.7. The number of benzene rings is 10. The maximum absolute atomic E-state index is 2.42. The highest BCUT2D eigenvalue weighted by Crippen LogP contribution is 2.52. The summed E-state index contributed by atoms with van der Waals surface area (Å²) in [5, 5.41) is 2.52. The van der Waals surface area contributed by atoms with Gasteiger partial charge in [-0.2, -0.15) is 0 Å². The minimum atomic E-state index is -0.0984. The molecule has 0 amide bonds. The Kier molecular flexibility index (Phi) is 9.21. The predicted octanol–water partition coefficient (Wildman–Crippen LogP) is 17.2. The molecule has 0 N–H and O–H groups in total. The van der Waals surface area contributed by atoms with Crippen LogP contribution in [0.3, 0.4) is 0 Å². The molecule has 0 aliphatic heterocycles. The van der Waals surface area contributed by atoms with Gasteiger partial charge in [0.1, 0.15) is 0 Å². The molecule has 1 aromatic heterocycles. The molecule has 0 spiro atoms. The van der Waals surface area contributed by atoms with Crippen LogP contribution in [0.4, 0.5) is 17.1 Å². The first-order chi connectivity index (χ1) is 32.0. The SMILES string of the molecule is CC1(C)c2ccccc2-c2cccc(-c3ccc(N(c4ccc(-c5cccc(-c6ccccc6-n6c7ccccc7c7ccccc76)c5)cc4)c4ccccc4-c4ccccc4)cc3)c21. The first-order valence-electron chi connectivity index (χ1n) is 22.6. The topological polar surface area (TPSA) is 8.17 Å². The van der Waals surface area contributed by atoms with E-state index in [4.69, 9.17) is 0 Å². The second-order valence-corrected chi connectivity index (χ2v) is 17.7. The van der Waals surface area contributed by atoms with Gasteiger partial charge in [0.25, 0.3) is 0 Å². The Balaban J connectivity index is 0.934. The maximum atomic E-state index is 2.42. The van der Waals surface area contributed by atoms with Crippen molar-refractivity contribution in [3.63, 3.8) is 0 Å². The number of para-hydroxylation sites is 4. The first kappa shape index (κ1) is 38.5. The molecule has 0 saturated carbocycles. The summed E-state index contributed by atoms with van der Waals surface area (Å²) in [6.45, 7) is 4.73. The van der Waals surface area contributed by atoms with E-state index in [2.05, 4.69) is 266 Å². The molecule has 2 heteroatoms. The lowest BCUT2D eigenvalue weighted by Gasteiger charge is -2.28. The molecular formula is C63H46N2. The van der Waals surface area contributed by atoms with E-state index in [9.17, 15) is 0 Å². The Morgan fingerprint density at radius 3 is 1.55 bits per heavy atom. The van der Waals surface area contributed by atoms with Crippen LogP contribution >= 0.6 is 0 Å². The van der Waals surface area contributed by atoms with Gasteiger partial charge in [-0.1, -0.05) is 202 Å². The van der Waals surface area contributed by atoms with Crippen LogP contribution in [0.2, 0.25) is 0 Å². The molecule has 65 heavy (non-hydrogen) atoms. The fourth-order valence-corrected chi connectivity index (χ4v) is 10.6. The van der Waals surface area contributed by atoms with Gasteiger partial charge in [-0.15, -0.1) is 0 Å². The average Bonchev–Trinajstić information content (AvgIpc) is 3.83. The summed E-state index contributed by atoms with van der Waals surface area (Å²) < 4.78 is 2.42. The summed E-state index contributed by atoms with van der Waals surface area (Å²) >= 11 is 0. The molecule has 1 aliphatic rings. The lowest BCUT2D eigenvalue weighted by molar-refractivity contribution is 0.662. The summed E-state index contributed by atoms with van der Waals surface area (Å²) in [6.07, 6.45) is 0. The molecule has 0 saturated heterocycles. The summed E-state index contributed by atoms with van der Waals surface area (Å²) in [6, 6.07) is 88.7. The highest BCUT2D eigenvalue weighted by Gasteiger charge is 2.37. The number of hydrogen-bond donors (Lipinski definition) is 0. The van der Waals surface area contributed by atoms with Crippen LogP contribution in [-0.4, -0.2) is 4.57 Å². The van der Waals surface area contributed by atoms with Crippen molar-refractivity contribution in [2.45, 2.75) is 19.3 Å². The number of rotatable bonds is 8. The third-order valence-electron chi connectivity index (χ3n) is 13.6. The Morgan fingerprint density at radius 2 is 0.831 bits per heavy atom. The van der Waals surface area contributed by atoms with Crippen molar-refractivity contribution in [3.05, 3.63) is 254 Å². The molecule has 10 aromatic carbocycles. The van der Waals surface area contributed by atoms with Crippen LogP contribution < -0.4 is 4.90 Å². The number of nitrogens with zero attached hydrogens (tertiary/aromatic N) is 2. The summed E-state index contributed by atoms with van der Waals surface area (Å²) in [5.74, 6) is 0. The van der Waals surface area contributed by atoms with E-state index in [1.54, 1.807) is 0 Å². The number of hydrogen-bond acceptors (Lipinski definition) is 1. The monoisotopic (exact) mass is 830 g/mol. The molecule has 0 fully saturated rings. The van der Waals surface area contributed by atoms with Gasteiger partial charge in [0, 0.05) is 38.7 Å². The molecule has 12 rings (SSSR count). The minimum absolute atomic E-state index is 0.0984. The first-order valence-corrected chi connectivity index (χ1v) is 22.6. The van der Waals surface area contributed by atoms with Crippen molar-refractivity contribution in [3.8, 4) is 61.3 Å². The lowest BCUT2D eigenvalue weighted by Crippen LogP contribution is -2.16. The van der Waals surface area contributed by atoms with Crippen molar-refractivity contribution in [2.75, 3.05) is 4.90 Å². The fourth-order valence-electron chi connectivity index (χ4n) is 10.6. The smallest absolute Gasteiger partial charge is 0.0541 e. The van der Waals surface area contributed by atoms with Crippen LogP contribution in [0.1, 0.15) is 25.0 Å². The molecule has 308 valence electrons. The zero-order chi connectivity index (χ0) is 43.5. The third-order valence-corrected chi connectivity index (χ3v) is 13.6. The van der Waals surface area contributed by atoms with Crippen molar-refractivity contribution >= 4 is 38.9 Å². The molecule has 0 atom stereocenters. The van der Waals surface area contributed by atoms with Gasteiger partial charge in [0.05, 0.1) is 22.4 Å². The zero-order valence-corrected chi connectivity index (χ0v) is 36.5. The molecule has 1 heterocycles. The number of aromatic nitrogens is 1. The van der Waals surface area contributed by atoms with Crippen LogP contribution in [0, 0.1) is 0 Å². The van der Waals surface area contributed by atoms with Crippen molar-refractivity contribution < 1.29 is 0 Å². The predicted molar refractivity (Wildman–Crippen MR) is 275 cm³/mol. The highest BCUT2D eigenvalue weighted by molar-refractivity contribution is 6.09. The van der Waals surface area contributed by atoms with Gasteiger partial charge >= 0.3 is 0 Å². The van der Waals surface area contributed by atoms with E-state index < -0.39 is 0 Å². The Bertz CT molecular complexity index is 3500. The molecule has 0 radical (unpaired) electrons. The van der Waals surface area contributed by atoms with Crippen molar-refractivity contribution in [1.29, 1.82) is 0 Å². The minimum Gasteiger partial charge on any atom is -0.310 e. The summed E-state index contributed by atoms with van der Waals surface area (Å²) in [4.78, 5) is 2.41. The van der Waals surface area contributed by atoms with Gasteiger partial charge in [-0.25, -0.2) is 0 Å². The van der Waals surface area contributed by atoms with E-state index >= 15 is 0 Å². The van der Waals surface area contributed by atoms with Crippen LogP contribution in [0.15, 0.2) is 243 Å². The Morgan fingerprint density at radius 1 is 0.338 bits per heavy atom. The van der Waals surface area contributed by atoms with Crippen LogP contribution in [0.25, 0.3) is 83.1 Å². The lowest BCUT2D eigenvalue weighted by atomic mass is 9.79. The van der Waals surface area contributed by atoms with Gasteiger partial charge in [0.2, 0.25) is 0 Å². The van der Waals surface area contributed by atoms with Crippen LogP contribution in [-0.2, 0) is 5.41 Å². The molecule has 0 bridgehead atoms. The maximum Gasteiger partial charge on any atom is 0.0541 e. The van der Waals surface area contributed by atoms with Crippen LogP contribution in [0.5, 0.6) is 0 Å². The van der Waals surface area contributed by atoms with Crippen molar-refractivity contribution in [1.82, 2.24) is 4.57 Å². The number of fused-ring (bicyclic) bond motifs is 6. The summed E-state index contributed by atoms with van der Waals surface area (Å²) in [5.41, 5.74) is 21.8. The third kappa shape index (κ3) is 6.40. The van der Waals surface area contributed by atoms with E-state index in [1.807, 2.05) is 0 Å². The molecule has 2 nitrogen and oxygen atoms in total. The second kappa shape index (κ2) is 15.6. The average molecular weight is 831 g/mol. The van der Waals surface area contributed by atoms with E-state index in [-0.39, 0.29) is 5.41 Å². The van der Waals surface area contributed by atoms with E-state index in [0.29, 0.717) is 0 Å². The Hall–Kier alpha value is -8.20. The van der Waals surface area contributed by atoms with E-state index in [1.165, 1.54) is 88.7 Å². The van der Waals surface area contributed by atoms with Gasteiger partial charge in [-0.05, 0) is 110 Å². The quantitative estimate of drug-likeness (QED) is 0.148. The summed E-state index contributed by atoms with van der Waals surface area (Å²) in [7, 11) is 0. The fraction of sp³-hybridized carbons (Fsp3) is 0.0476. The molecule has 1 aliphatic carbocycles. The molecule has 0 unspecified atom stereocenters. The van der Waals surface area contributed by atoms with E-state index in [0.717, 1.165) is 22.6 Å². The van der Waals surface area contributed by atoms with Gasteiger partial charge < -0.3 is 9.47 Å². The Labute approximate surface area is 381 Å². The number of anilines is 3. The molecular weight excluding hydrogens is 785 g/mol. The molecule has 11 aromatic rings. The van der Waals surface area contributed by atoms with Crippen molar-refractivity contribution in [2.24, 2.45) is 0 Å². The standard InChI is InChI=1S/C63H46N2/c1-63(2)57-29-11-6-24-53(57)56-28-17-27-52(62(56)63)45-36-40-49(41-37-45)64(58-30-12-7-22-50(58)44-18-4-3-5-19-44)48-38-34-43(35-39-48)46-20-16-21-47(42-46)51-23-8-13-31-59(51)65-60-32-14-9-25-54(60)55-26-10-15-33-61(55)65/h3-42H,1-2H3. The highest BCUT2D eigenvalue weighted by atomic mass is 15.1. The largest absolute Gasteiger partial charge is 0.310 e. The zero-order valence-electron chi connectivity index (χ0n) is 36.5. The van der Waals surface area contributed by atoms with Gasteiger partial charge in [-0.3, -0.25) is 0 Å². The van der Waals surface area contributed by atoms with Gasteiger partial charge in [0.15, 0.2) is 0 Å². The normalized spacial score (nSPS) is 12.6.